The minimum Gasteiger partial charge on any atom is -0.493 e. The molecule has 0 aliphatic carbocycles. The average molecular weight is 457 g/mol. The van der Waals surface area contributed by atoms with Crippen LogP contribution in [0.25, 0.3) is 0 Å². The number of carbonyl (C=O) groups is 1. The summed E-state index contributed by atoms with van der Waals surface area (Å²) in [4.78, 5) is 12.7. The zero-order valence-corrected chi connectivity index (χ0v) is 18.3. The number of hydrogen-bond acceptors (Lipinski definition) is 8. The topological polar surface area (TPSA) is 103 Å². The van der Waals surface area contributed by atoms with Gasteiger partial charge in [-0.1, -0.05) is 11.6 Å². The summed E-state index contributed by atoms with van der Waals surface area (Å²) in [6.07, 6.45) is 0. The van der Waals surface area contributed by atoms with Crippen molar-refractivity contribution >= 4 is 50.2 Å². The van der Waals surface area contributed by atoms with Crippen molar-refractivity contribution in [1.29, 1.82) is 0 Å². The third-order valence-corrected chi connectivity index (χ3v) is 7.00. The van der Waals surface area contributed by atoms with Crippen LogP contribution in [0.15, 0.2) is 38.5 Å². The zero-order valence-electron chi connectivity index (χ0n) is 15.9. The van der Waals surface area contributed by atoms with Gasteiger partial charge in [-0.2, -0.15) is 8.42 Å². The van der Waals surface area contributed by atoms with Gasteiger partial charge in [0.05, 0.1) is 32.6 Å². The van der Waals surface area contributed by atoms with Crippen molar-refractivity contribution in [3.63, 3.8) is 0 Å². The first-order valence-corrected chi connectivity index (χ1v) is 10.8. The van der Waals surface area contributed by atoms with E-state index in [4.69, 9.17) is 25.8 Å². The van der Waals surface area contributed by atoms with Crippen LogP contribution >= 0.6 is 23.4 Å². The Morgan fingerprint density at radius 2 is 1.76 bits per heavy atom. The Morgan fingerprint density at radius 3 is 2.38 bits per heavy atom. The van der Waals surface area contributed by atoms with Crippen molar-refractivity contribution in [2.75, 3.05) is 26.6 Å². The number of benzene rings is 2. The number of rotatable bonds is 4. The second-order valence-corrected chi connectivity index (χ2v) is 8.90. The van der Waals surface area contributed by atoms with Gasteiger partial charge in [-0.25, -0.2) is 4.79 Å². The van der Waals surface area contributed by atoms with Crippen LogP contribution in [0.1, 0.15) is 15.9 Å². The molecule has 154 valence electrons. The van der Waals surface area contributed by atoms with Gasteiger partial charge >= 0.3 is 5.97 Å². The number of halogens is 1. The van der Waals surface area contributed by atoms with Gasteiger partial charge in [0.1, 0.15) is 4.90 Å². The van der Waals surface area contributed by atoms with E-state index in [2.05, 4.69) is 9.71 Å². The molecule has 0 saturated carbocycles. The van der Waals surface area contributed by atoms with Crippen LogP contribution in [0, 0.1) is 6.92 Å². The number of nitrogens with one attached hydrogen (secondary N) is 1. The second kappa shape index (κ2) is 8.13. The lowest BCUT2D eigenvalue weighted by Crippen LogP contribution is -2.18. The number of anilines is 1. The highest BCUT2D eigenvalue weighted by atomic mass is 35.5. The standard InChI is InChI=1S/C18H17ClN2O6S2/c1-9-5-16-15(7-11(9)19)28-18(21-29(16,23)24)20-12-8-14(26-3)13(25-2)6-10(12)17(22)27-4/h5-8H,1-4H3,(H,20,21). The normalized spacial score (nSPS) is 14.4. The Bertz CT molecular complexity index is 1130. The number of aryl methyl sites for hydroxylation is 1. The van der Waals surface area contributed by atoms with Crippen molar-refractivity contribution in [2.24, 2.45) is 4.40 Å². The SMILES string of the molecule is COC(=O)c1cc(OC)c(OC)cc1NC1=NS(=O)(=O)c2cc(C)c(Cl)cc2S1. The first-order valence-electron chi connectivity index (χ1n) is 8.14. The summed E-state index contributed by atoms with van der Waals surface area (Å²) in [5, 5.41) is 3.37. The maximum absolute atomic E-state index is 12.6. The molecule has 2 aromatic rings. The van der Waals surface area contributed by atoms with Crippen molar-refractivity contribution < 1.29 is 27.4 Å². The molecule has 0 fully saturated rings. The van der Waals surface area contributed by atoms with Crippen LogP contribution in [-0.4, -0.2) is 40.9 Å². The van der Waals surface area contributed by atoms with Gasteiger partial charge in [0, 0.05) is 22.1 Å². The van der Waals surface area contributed by atoms with Crippen LogP contribution in [0.2, 0.25) is 5.02 Å². The van der Waals surface area contributed by atoms with E-state index in [-0.39, 0.29) is 21.3 Å². The van der Waals surface area contributed by atoms with Gasteiger partial charge in [0.15, 0.2) is 16.7 Å². The maximum Gasteiger partial charge on any atom is 0.340 e. The molecule has 3 rings (SSSR count). The summed E-state index contributed by atoms with van der Waals surface area (Å²) < 4.78 is 44.3. The van der Waals surface area contributed by atoms with Crippen molar-refractivity contribution in [1.82, 2.24) is 0 Å². The number of methoxy groups -OCH3 is 3. The Kier molecular flexibility index (Phi) is 5.97. The van der Waals surface area contributed by atoms with E-state index in [0.29, 0.717) is 27.0 Å². The largest absolute Gasteiger partial charge is 0.493 e. The number of fused-ring (bicyclic) bond motifs is 1. The summed E-state index contributed by atoms with van der Waals surface area (Å²) in [6.45, 7) is 1.71. The molecular formula is C18H17ClN2O6S2. The maximum atomic E-state index is 12.6. The van der Waals surface area contributed by atoms with E-state index >= 15 is 0 Å². The highest BCUT2D eigenvalue weighted by molar-refractivity contribution is 8.15. The van der Waals surface area contributed by atoms with Crippen molar-refractivity contribution in [2.45, 2.75) is 16.7 Å². The van der Waals surface area contributed by atoms with Crippen LogP contribution in [0.3, 0.4) is 0 Å². The number of hydrogen-bond donors (Lipinski definition) is 1. The van der Waals surface area contributed by atoms with Crippen LogP contribution in [-0.2, 0) is 14.8 Å². The van der Waals surface area contributed by atoms with E-state index in [1.54, 1.807) is 13.0 Å². The van der Waals surface area contributed by atoms with Crippen LogP contribution < -0.4 is 14.8 Å². The third kappa shape index (κ3) is 4.14. The monoisotopic (exact) mass is 456 g/mol. The van der Waals surface area contributed by atoms with Crippen molar-refractivity contribution in [3.05, 3.63) is 40.4 Å². The molecule has 2 aromatic carbocycles. The molecule has 1 aliphatic heterocycles. The predicted molar refractivity (Wildman–Crippen MR) is 111 cm³/mol. The summed E-state index contributed by atoms with van der Waals surface area (Å²) in [6, 6.07) is 5.99. The summed E-state index contributed by atoms with van der Waals surface area (Å²) in [5.74, 6) is 0.0136. The molecule has 0 bridgehead atoms. The minimum atomic E-state index is -3.94. The number of nitrogens with zero attached hydrogens (tertiary/aromatic N) is 1. The Morgan fingerprint density at radius 1 is 1.10 bits per heavy atom. The molecule has 11 heteroatoms. The van der Waals surface area contributed by atoms with Gasteiger partial charge < -0.3 is 19.5 Å². The lowest BCUT2D eigenvalue weighted by atomic mass is 10.1. The highest BCUT2D eigenvalue weighted by Gasteiger charge is 2.28. The Hall–Kier alpha value is -2.43. The molecule has 8 nitrogen and oxygen atoms in total. The lowest BCUT2D eigenvalue weighted by molar-refractivity contribution is 0.0601. The Labute approximate surface area is 177 Å². The fraction of sp³-hybridized carbons (Fsp3) is 0.222. The smallest absolute Gasteiger partial charge is 0.340 e. The molecule has 29 heavy (non-hydrogen) atoms. The molecule has 0 amide bonds. The van der Waals surface area contributed by atoms with Crippen molar-refractivity contribution in [3.8, 4) is 11.5 Å². The molecule has 1 N–H and O–H groups in total. The van der Waals surface area contributed by atoms with Gasteiger partial charge in [0.25, 0.3) is 10.0 Å². The van der Waals surface area contributed by atoms with Gasteiger partial charge in [-0.05, 0) is 36.4 Å². The molecule has 0 unspecified atom stereocenters. The molecule has 0 aromatic heterocycles. The number of sulfonamides is 1. The number of esters is 1. The number of ether oxygens (including phenoxy) is 3. The van der Waals surface area contributed by atoms with Gasteiger partial charge in [0.2, 0.25) is 0 Å². The van der Waals surface area contributed by atoms with E-state index in [1.807, 2.05) is 0 Å². The third-order valence-electron chi connectivity index (χ3n) is 4.08. The van der Waals surface area contributed by atoms with Gasteiger partial charge in [-0.3, -0.25) is 0 Å². The summed E-state index contributed by atoms with van der Waals surface area (Å²) in [7, 11) is 0.168. The summed E-state index contributed by atoms with van der Waals surface area (Å²) >= 11 is 7.22. The zero-order chi connectivity index (χ0) is 21.3. The quantitative estimate of drug-likeness (QED) is 0.694. The molecule has 1 aliphatic rings. The highest BCUT2D eigenvalue weighted by Crippen LogP contribution is 2.39. The first kappa shape index (κ1) is 21.3. The minimum absolute atomic E-state index is 0.0507. The van der Waals surface area contributed by atoms with Crippen LogP contribution in [0.5, 0.6) is 11.5 Å². The molecule has 1 heterocycles. The molecule has 0 saturated heterocycles. The van der Waals surface area contributed by atoms with E-state index in [9.17, 15) is 13.2 Å². The second-order valence-electron chi connectivity index (χ2n) is 5.89. The number of carbonyl (C=O) groups excluding carboxylic acids is 1. The predicted octanol–water partition coefficient (Wildman–Crippen LogP) is 3.71. The molecule has 0 spiro atoms. The lowest BCUT2D eigenvalue weighted by Gasteiger charge is -2.19. The Balaban J connectivity index is 2.07. The van der Waals surface area contributed by atoms with E-state index in [0.717, 1.165) is 11.8 Å². The molecule has 0 radical (unpaired) electrons. The van der Waals surface area contributed by atoms with E-state index in [1.165, 1.54) is 39.5 Å². The summed E-state index contributed by atoms with van der Waals surface area (Å²) in [5.41, 5.74) is 1.00. The van der Waals surface area contributed by atoms with E-state index < -0.39 is 16.0 Å². The average Bonchev–Trinajstić information content (AvgIpc) is 2.68. The first-order chi connectivity index (χ1) is 13.7. The number of amidine groups is 1. The van der Waals surface area contributed by atoms with Crippen LogP contribution in [0.4, 0.5) is 5.69 Å². The molecule has 0 atom stereocenters. The fourth-order valence-electron chi connectivity index (χ4n) is 2.62. The molecular weight excluding hydrogens is 440 g/mol. The fourth-order valence-corrected chi connectivity index (χ4v) is 5.44. The number of thioether (sulfide) groups is 1. The van der Waals surface area contributed by atoms with Gasteiger partial charge in [-0.15, -0.1) is 4.40 Å².